The van der Waals surface area contributed by atoms with Crippen LogP contribution in [0.2, 0.25) is 21.4 Å². The molecule has 1 fully saturated rings. The maximum absolute atomic E-state index is 3.23. The number of benzene rings is 6. The molecular weight excluding hydrogens is 831 g/mol. The number of rotatable bonds is 6. The first-order chi connectivity index (χ1) is 26.1. The molecule has 268 valence electrons. The minimum atomic E-state index is -3.23. The van der Waals surface area contributed by atoms with Gasteiger partial charge in [-0.15, -0.1) is 0 Å². The van der Waals surface area contributed by atoms with Gasteiger partial charge in [0.15, 0.2) is 0 Å². The minimum absolute atomic E-state index is 0.616. The van der Waals surface area contributed by atoms with E-state index in [-0.39, 0.29) is 0 Å². The van der Waals surface area contributed by atoms with Crippen LogP contribution >= 0.6 is 0 Å². The van der Waals surface area contributed by atoms with Gasteiger partial charge in [-0.1, -0.05) is 0 Å². The van der Waals surface area contributed by atoms with Gasteiger partial charge in [-0.2, -0.15) is 0 Å². The van der Waals surface area contributed by atoms with Gasteiger partial charge in [0.05, 0.1) is 0 Å². The first kappa shape index (κ1) is 35.6. The summed E-state index contributed by atoms with van der Waals surface area (Å²) in [6.07, 6.45) is 5.55. The predicted molar refractivity (Wildman–Crippen MR) is 233 cm³/mol. The predicted octanol–water partition coefficient (Wildman–Crippen LogP) is 15.0. The van der Waals surface area contributed by atoms with Crippen LogP contribution in [0.4, 0.5) is 0 Å². The van der Waals surface area contributed by atoms with E-state index in [4.69, 9.17) is 0 Å². The van der Waals surface area contributed by atoms with Crippen molar-refractivity contribution in [2.45, 2.75) is 70.3 Å². The number of allylic oxidation sites excluding steroid dienone is 2. The van der Waals surface area contributed by atoms with E-state index in [0.29, 0.717) is 7.35 Å². The Bertz CT molecular complexity index is 2350. The zero-order chi connectivity index (χ0) is 37.5. The van der Waals surface area contributed by atoms with E-state index in [1.165, 1.54) is 90.0 Å². The van der Waals surface area contributed by atoms with Gasteiger partial charge >= 0.3 is 331 Å². The molecule has 1 aliphatic heterocycles. The quantitative estimate of drug-likeness (QED) is 0.146. The average Bonchev–Trinajstić information content (AvgIpc) is 3.78. The third kappa shape index (κ3) is 5.08. The molecular formula is C52H52HfSi. The summed E-state index contributed by atoms with van der Waals surface area (Å²) in [5, 5.41) is 3.72. The fourth-order valence-corrected chi connectivity index (χ4v) is 43.4. The van der Waals surface area contributed by atoms with Crippen molar-refractivity contribution in [2.75, 3.05) is 0 Å². The van der Waals surface area contributed by atoms with Crippen molar-refractivity contribution in [3.63, 3.8) is 0 Å². The maximum atomic E-state index is 2.81. The van der Waals surface area contributed by atoms with Gasteiger partial charge in [-0.05, 0) is 0 Å². The SMILES string of the molecule is CC[Si]1(CC)C2=Cc3c(-c4ccccc4-c4c(C)cccc4C)cccc3[CH]2[Hf]([CH3])([CH3])[CH]2C1=Cc1c(-c3ccccc3-c3c(C)cccc3C)cccc12. The molecule has 0 aromatic heterocycles. The molecule has 0 N–H and O–H groups in total. The van der Waals surface area contributed by atoms with Crippen LogP contribution in [-0.4, -0.2) is 8.07 Å². The van der Waals surface area contributed by atoms with Gasteiger partial charge in [-0.3, -0.25) is 0 Å². The summed E-state index contributed by atoms with van der Waals surface area (Å²) in [4.78, 5) is 0. The monoisotopic (exact) mass is 884 g/mol. The summed E-state index contributed by atoms with van der Waals surface area (Å²) >= 11 is -3.23. The van der Waals surface area contributed by atoms with Crippen molar-refractivity contribution in [3.05, 3.63) is 176 Å². The Morgan fingerprint density at radius 2 is 0.759 bits per heavy atom. The van der Waals surface area contributed by atoms with E-state index in [0.717, 1.165) is 0 Å². The summed E-state index contributed by atoms with van der Waals surface area (Å²) < 4.78 is 6.86. The first-order valence-electron chi connectivity index (χ1n) is 20.1. The number of hydrogen-bond donors (Lipinski definition) is 0. The number of hydrogen-bond acceptors (Lipinski definition) is 0. The molecule has 9 rings (SSSR count). The molecule has 54 heavy (non-hydrogen) atoms. The van der Waals surface area contributed by atoms with Crippen LogP contribution in [0, 0.1) is 27.7 Å². The Kier molecular flexibility index (Phi) is 8.75. The molecule has 0 bridgehead atoms. The van der Waals surface area contributed by atoms with E-state index >= 15 is 0 Å². The molecule has 0 nitrogen and oxygen atoms in total. The third-order valence-corrected chi connectivity index (χ3v) is 36.6. The summed E-state index contributed by atoms with van der Waals surface area (Å²) in [5.74, 6) is 0. The summed E-state index contributed by atoms with van der Waals surface area (Å²) in [6.45, 7) is 14.1. The topological polar surface area (TPSA) is 0 Å². The molecule has 6 aromatic rings. The third-order valence-electron chi connectivity index (χ3n) is 13.9. The Labute approximate surface area is 329 Å². The van der Waals surface area contributed by atoms with Crippen molar-refractivity contribution >= 4 is 20.2 Å². The molecule has 3 aliphatic rings. The van der Waals surface area contributed by atoms with Gasteiger partial charge in [0.25, 0.3) is 0 Å². The van der Waals surface area contributed by atoms with E-state index < -0.39 is 28.0 Å². The van der Waals surface area contributed by atoms with Gasteiger partial charge in [0.1, 0.15) is 0 Å². The second-order valence-corrected chi connectivity index (χ2v) is 38.9. The average molecular weight is 884 g/mol. The molecule has 1 heterocycles. The van der Waals surface area contributed by atoms with Crippen LogP contribution in [0.25, 0.3) is 56.7 Å². The molecule has 0 saturated carbocycles. The van der Waals surface area contributed by atoms with Crippen molar-refractivity contribution in [1.82, 2.24) is 0 Å². The van der Waals surface area contributed by atoms with Crippen LogP contribution < -0.4 is 0 Å². The van der Waals surface area contributed by atoms with E-state index in [1.54, 1.807) is 11.1 Å². The second-order valence-electron chi connectivity index (χ2n) is 16.9. The van der Waals surface area contributed by atoms with Crippen LogP contribution in [0.15, 0.2) is 132 Å². The molecule has 6 aromatic carbocycles. The molecule has 0 amide bonds. The first-order valence-corrected chi connectivity index (χ1v) is 33.9. The Morgan fingerprint density at radius 3 is 1.13 bits per heavy atom. The Morgan fingerprint density at radius 1 is 0.426 bits per heavy atom. The van der Waals surface area contributed by atoms with E-state index in [1.807, 2.05) is 10.4 Å². The van der Waals surface area contributed by atoms with Gasteiger partial charge in [0, 0.05) is 0 Å². The summed E-state index contributed by atoms with van der Waals surface area (Å²) in [5.41, 5.74) is 22.7. The molecule has 0 radical (unpaired) electrons. The van der Waals surface area contributed by atoms with Crippen LogP contribution in [-0.2, 0) is 20.0 Å². The van der Waals surface area contributed by atoms with Gasteiger partial charge in [0.2, 0.25) is 0 Å². The normalized spacial score (nSPS) is 18.7. The Balaban J connectivity index is 1.25. The zero-order valence-corrected chi connectivity index (χ0v) is 37.9. The second kappa shape index (κ2) is 13.3. The molecule has 2 atom stereocenters. The standard InChI is InChI=1S/C50H46Si.2CH3.Hf/c1-7-51(8-2,39-29-37-21-15-27-43(47(37)31-39)41-23-9-11-25-45(41)49-33(3)17-13-18-34(49)4)40-30-38-22-16-28-44(48(38)32-40)42-24-10-12-26-46(42)50-35(5)19-14-20-36(50)6;;;/h9-32H,7-8H2,1-6H3;2*1H3;. The van der Waals surface area contributed by atoms with E-state index in [9.17, 15) is 0 Å². The molecule has 2 heteroatoms. The fraction of sp³-hybridized carbons (Fsp3) is 0.231. The summed E-state index contributed by atoms with van der Waals surface area (Å²) in [7, 11) is -2.04. The fourth-order valence-electron chi connectivity index (χ4n) is 11.5. The van der Waals surface area contributed by atoms with Crippen LogP contribution in [0.1, 0.15) is 65.7 Å². The zero-order valence-electron chi connectivity index (χ0n) is 33.3. The van der Waals surface area contributed by atoms with Crippen molar-refractivity contribution in [2.24, 2.45) is 0 Å². The van der Waals surface area contributed by atoms with Crippen molar-refractivity contribution in [3.8, 4) is 44.5 Å². The van der Waals surface area contributed by atoms with Crippen LogP contribution in [0.3, 0.4) is 0 Å². The molecule has 2 unspecified atom stereocenters. The van der Waals surface area contributed by atoms with Crippen LogP contribution in [0.5, 0.6) is 0 Å². The Hall–Kier alpha value is -4.11. The molecule has 2 aliphatic carbocycles. The van der Waals surface area contributed by atoms with E-state index in [2.05, 4.69) is 184 Å². The summed E-state index contributed by atoms with van der Waals surface area (Å²) in [6, 6.07) is 49.0. The molecule has 1 saturated heterocycles. The van der Waals surface area contributed by atoms with Gasteiger partial charge < -0.3 is 0 Å². The van der Waals surface area contributed by atoms with Crippen molar-refractivity contribution < 1.29 is 20.0 Å². The number of fused-ring (bicyclic) bond motifs is 6. The molecule has 0 spiro atoms. The van der Waals surface area contributed by atoms with Gasteiger partial charge in [-0.25, -0.2) is 0 Å². The van der Waals surface area contributed by atoms with Crippen molar-refractivity contribution in [1.29, 1.82) is 0 Å². The number of aryl methyl sites for hydroxylation is 4.